The SMILES string of the molecule is O=C(/C=C/c1cccc(Cl)c1)NNC(=O)C[C@H]1CCS(=O)(=O)C1. The highest BCUT2D eigenvalue weighted by molar-refractivity contribution is 7.91. The van der Waals surface area contributed by atoms with Crippen molar-refractivity contribution in [2.75, 3.05) is 11.5 Å². The van der Waals surface area contributed by atoms with Crippen molar-refractivity contribution in [3.63, 3.8) is 0 Å². The summed E-state index contributed by atoms with van der Waals surface area (Å²) in [5, 5.41) is 0.562. The van der Waals surface area contributed by atoms with Gasteiger partial charge in [-0.25, -0.2) is 8.42 Å². The Morgan fingerprint density at radius 3 is 2.74 bits per heavy atom. The molecule has 1 aliphatic heterocycles. The van der Waals surface area contributed by atoms with E-state index in [0.29, 0.717) is 11.4 Å². The second kappa shape index (κ2) is 7.61. The number of rotatable bonds is 4. The van der Waals surface area contributed by atoms with Crippen LogP contribution in [0.2, 0.25) is 5.02 Å². The van der Waals surface area contributed by atoms with Gasteiger partial charge < -0.3 is 0 Å². The monoisotopic (exact) mass is 356 g/mol. The summed E-state index contributed by atoms with van der Waals surface area (Å²) in [4.78, 5) is 23.3. The zero-order valence-corrected chi connectivity index (χ0v) is 13.9. The molecule has 8 heteroatoms. The minimum atomic E-state index is -3.00. The molecule has 1 aromatic carbocycles. The molecule has 23 heavy (non-hydrogen) atoms. The Labute approximate surface area is 139 Å². The lowest BCUT2D eigenvalue weighted by Crippen LogP contribution is -2.41. The lowest BCUT2D eigenvalue weighted by Gasteiger charge is -2.08. The Morgan fingerprint density at radius 2 is 2.09 bits per heavy atom. The lowest BCUT2D eigenvalue weighted by atomic mass is 10.1. The van der Waals surface area contributed by atoms with Gasteiger partial charge in [-0.15, -0.1) is 0 Å². The fourth-order valence-electron chi connectivity index (χ4n) is 2.30. The van der Waals surface area contributed by atoms with Gasteiger partial charge in [-0.3, -0.25) is 20.4 Å². The summed E-state index contributed by atoms with van der Waals surface area (Å²) in [5.74, 6) is -0.921. The first-order chi connectivity index (χ1) is 10.8. The van der Waals surface area contributed by atoms with E-state index < -0.39 is 21.7 Å². The molecule has 1 fully saturated rings. The molecule has 0 spiro atoms. The maximum Gasteiger partial charge on any atom is 0.262 e. The van der Waals surface area contributed by atoms with Crippen LogP contribution in [0.4, 0.5) is 0 Å². The molecule has 0 unspecified atom stereocenters. The Kier molecular flexibility index (Phi) is 5.79. The van der Waals surface area contributed by atoms with Crippen LogP contribution in [0, 0.1) is 5.92 Å². The van der Waals surface area contributed by atoms with Crippen molar-refractivity contribution in [1.82, 2.24) is 10.9 Å². The standard InChI is InChI=1S/C15H17ClN2O4S/c16-13-3-1-2-11(8-13)4-5-14(19)17-18-15(20)9-12-6-7-23(21,22)10-12/h1-5,8,12H,6-7,9-10H2,(H,17,19)(H,18,20)/b5-4+/t12-/m1/s1. The predicted octanol–water partition coefficient (Wildman–Crippen LogP) is 1.33. The topological polar surface area (TPSA) is 92.3 Å². The quantitative estimate of drug-likeness (QED) is 0.628. The molecule has 2 amide bonds. The summed E-state index contributed by atoms with van der Waals surface area (Å²) in [6, 6.07) is 6.97. The molecule has 6 nitrogen and oxygen atoms in total. The fourth-order valence-corrected chi connectivity index (χ4v) is 4.36. The van der Waals surface area contributed by atoms with Crippen LogP contribution in [0.3, 0.4) is 0 Å². The van der Waals surface area contributed by atoms with Crippen molar-refractivity contribution in [1.29, 1.82) is 0 Å². The molecule has 0 aliphatic carbocycles. The van der Waals surface area contributed by atoms with E-state index in [0.717, 1.165) is 5.56 Å². The molecular formula is C15H17ClN2O4S. The molecule has 2 rings (SSSR count). The van der Waals surface area contributed by atoms with Gasteiger partial charge in [0.2, 0.25) is 5.91 Å². The van der Waals surface area contributed by atoms with E-state index >= 15 is 0 Å². The number of carbonyl (C=O) groups is 2. The number of nitrogens with one attached hydrogen (secondary N) is 2. The first-order valence-electron chi connectivity index (χ1n) is 7.07. The van der Waals surface area contributed by atoms with Gasteiger partial charge in [-0.1, -0.05) is 23.7 Å². The number of hydrogen-bond acceptors (Lipinski definition) is 4. The van der Waals surface area contributed by atoms with Gasteiger partial charge in [0.15, 0.2) is 9.84 Å². The van der Waals surface area contributed by atoms with Crippen molar-refractivity contribution < 1.29 is 18.0 Å². The third-order valence-electron chi connectivity index (χ3n) is 3.40. The van der Waals surface area contributed by atoms with Gasteiger partial charge >= 0.3 is 0 Å². The zero-order chi connectivity index (χ0) is 16.9. The van der Waals surface area contributed by atoms with Gasteiger partial charge in [0.25, 0.3) is 5.91 Å². The summed E-state index contributed by atoms with van der Waals surface area (Å²) in [6.07, 6.45) is 3.40. The molecule has 0 aromatic heterocycles. The summed E-state index contributed by atoms with van der Waals surface area (Å²) < 4.78 is 22.6. The molecule has 124 valence electrons. The molecule has 1 saturated heterocycles. The van der Waals surface area contributed by atoms with E-state index in [2.05, 4.69) is 10.9 Å². The number of hydrogen-bond donors (Lipinski definition) is 2. The maximum atomic E-state index is 11.7. The largest absolute Gasteiger partial charge is 0.273 e. The summed E-state index contributed by atoms with van der Waals surface area (Å²) in [6.45, 7) is 0. The highest BCUT2D eigenvalue weighted by atomic mass is 35.5. The Hall–Kier alpha value is -1.86. The van der Waals surface area contributed by atoms with E-state index in [1.165, 1.54) is 6.08 Å². The highest BCUT2D eigenvalue weighted by Gasteiger charge is 2.29. The van der Waals surface area contributed by atoms with Crippen LogP contribution < -0.4 is 10.9 Å². The third-order valence-corrected chi connectivity index (χ3v) is 5.47. The van der Waals surface area contributed by atoms with Crippen LogP contribution in [0.25, 0.3) is 6.08 Å². The second-order valence-electron chi connectivity index (χ2n) is 5.40. The van der Waals surface area contributed by atoms with Crippen molar-refractivity contribution in [2.24, 2.45) is 5.92 Å². The van der Waals surface area contributed by atoms with Crippen molar-refractivity contribution >= 4 is 39.3 Å². The number of amides is 2. The molecule has 0 bridgehead atoms. The first kappa shape index (κ1) is 17.5. The predicted molar refractivity (Wildman–Crippen MR) is 88.1 cm³/mol. The summed E-state index contributed by atoms with van der Waals surface area (Å²) >= 11 is 5.83. The van der Waals surface area contributed by atoms with Crippen molar-refractivity contribution in [3.8, 4) is 0 Å². The average Bonchev–Trinajstić information content (AvgIpc) is 2.82. The minimum Gasteiger partial charge on any atom is -0.273 e. The van der Waals surface area contributed by atoms with Crippen LogP contribution in [0.1, 0.15) is 18.4 Å². The van der Waals surface area contributed by atoms with Crippen LogP contribution in [-0.2, 0) is 19.4 Å². The zero-order valence-electron chi connectivity index (χ0n) is 12.3. The van der Waals surface area contributed by atoms with Crippen LogP contribution in [-0.4, -0.2) is 31.7 Å². The maximum absolute atomic E-state index is 11.7. The van der Waals surface area contributed by atoms with E-state index in [1.54, 1.807) is 30.3 Å². The molecule has 0 saturated carbocycles. The summed E-state index contributed by atoms with van der Waals surface area (Å²) in [7, 11) is -3.00. The van der Waals surface area contributed by atoms with Crippen molar-refractivity contribution in [2.45, 2.75) is 12.8 Å². The number of carbonyl (C=O) groups excluding carboxylic acids is 2. The average molecular weight is 357 g/mol. The number of sulfone groups is 1. The minimum absolute atomic E-state index is 0.0308. The molecule has 1 atom stereocenters. The number of benzene rings is 1. The van der Waals surface area contributed by atoms with E-state index in [4.69, 9.17) is 11.6 Å². The molecule has 1 heterocycles. The van der Waals surface area contributed by atoms with Gasteiger partial charge in [-0.2, -0.15) is 0 Å². The fraction of sp³-hybridized carbons (Fsp3) is 0.333. The van der Waals surface area contributed by atoms with E-state index in [-0.39, 0.29) is 23.8 Å². The number of hydrazine groups is 1. The Morgan fingerprint density at radius 1 is 1.30 bits per heavy atom. The summed E-state index contributed by atoms with van der Waals surface area (Å²) in [5.41, 5.74) is 5.29. The van der Waals surface area contributed by atoms with Crippen molar-refractivity contribution in [3.05, 3.63) is 40.9 Å². The van der Waals surface area contributed by atoms with Crippen LogP contribution in [0.5, 0.6) is 0 Å². The van der Waals surface area contributed by atoms with Crippen LogP contribution in [0.15, 0.2) is 30.3 Å². The normalized spacial score (nSPS) is 19.6. The van der Waals surface area contributed by atoms with Gasteiger partial charge in [0, 0.05) is 17.5 Å². The molecular weight excluding hydrogens is 340 g/mol. The number of halogens is 1. The van der Waals surface area contributed by atoms with Gasteiger partial charge in [-0.05, 0) is 36.1 Å². The molecule has 2 N–H and O–H groups in total. The Bertz CT molecular complexity index is 731. The molecule has 1 aliphatic rings. The second-order valence-corrected chi connectivity index (χ2v) is 8.06. The lowest BCUT2D eigenvalue weighted by molar-refractivity contribution is -0.127. The van der Waals surface area contributed by atoms with E-state index in [9.17, 15) is 18.0 Å². The van der Waals surface area contributed by atoms with Gasteiger partial charge in [0.1, 0.15) is 0 Å². The van der Waals surface area contributed by atoms with E-state index in [1.807, 2.05) is 0 Å². The first-order valence-corrected chi connectivity index (χ1v) is 9.27. The highest BCUT2D eigenvalue weighted by Crippen LogP contribution is 2.21. The molecule has 0 radical (unpaired) electrons. The third kappa shape index (κ3) is 6.03. The van der Waals surface area contributed by atoms with Crippen LogP contribution >= 0.6 is 11.6 Å². The molecule has 1 aromatic rings. The smallest absolute Gasteiger partial charge is 0.262 e. The Balaban J connectivity index is 1.75. The van der Waals surface area contributed by atoms with Gasteiger partial charge in [0.05, 0.1) is 11.5 Å².